The van der Waals surface area contributed by atoms with E-state index in [2.05, 4.69) is 25.9 Å². The van der Waals surface area contributed by atoms with E-state index < -0.39 is 54.5 Å². The Kier molecular flexibility index (Phi) is 10.9. The summed E-state index contributed by atoms with van der Waals surface area (Å²) in [7, 11) is 0. The van der Waals surface area contributed by atoms with E-state index >= 15 is 0 Å². The van der Waals surface area contributed by atoms with Crippen LogP contribution in [0, 0.1) is 0 Å². The molecule has 1 heterocycles. The van der Waals surface area contributed by atoms with E-state index in [0.29, 0.717) is 17.9 Å². The highest BCUT2D eigenvalue weighted by Crippen LogP contribution is 2.01. The molecule has 0 aliphatic carbocycles. The quantitative estimate of drug-likeness (QED) is 0.173. The van der Waals surface area contributed by atoms with Crippen molar-refractivity contribution >= 4 is 35.5 Å². The van der Waals surface area contributed by atoms with Crippen molar-refractivity contribution in [2.24, 2.45) is 5.73 Å². The third-order valence-corrected chi connectivity index (χ3v) is 4.77. The Bertz CT molecular complexity index is 716. The molecule has 0 aromatic carbocycles. The van der Waals surface area contributed by atoms with Gasteiger partial charge in [0.05, 0.1) is 19.0 Å². The van der Waals surface area contributed by atoms with Crippen molar-refractivity contribution in [1.29, 1.82) is 0 Å². The molecule has 1 aromatic rings. The van der Waals surface area contributed by atoms with Crippen molar-refractivity contribution < 1.29 is 29.4 Å². The lowest BCUT2D eigenvalue weighted by Gasteiger charge is -2.22. The van der Waals surface area contributed by atoms with Gasteiger partial charge in [0, 0.05) is 18.3 Å². The van der Waals surface area contributed by atoms with Gasteiger partial charge in [-0.1, -0.05) is 0 Å². The van der Waals surface area contributed by atoms with Gasteiger partial charge < -0.3 is 36.9 Å². The molecule has 1 rings (SSSR count). The van der Waals surface area contributed by atoms with E-state index in [1.165, 1.54) is 31.2 Å². The Hall–Kier alpha value is -2.64. The second kappa shape index (κ2) is 12.8. The van der Waals surface area contributed by atoms with Crippen molar-refractivity contribution in [3.8, 4) is 0 Å². The van der Waals surface area contributed by atoms with Crippen LogP contribution in [-0.4, -0.2) is 86.7 Å². The normalized spacial score (nSPS) is 14.8. The Labute approximate surface area is 177 Å². The third-order valence-electron chi connectivity index (χ3n) is 4.13. The lowest BCUT2D eigenvalue weighted by atomic mass is 10.1. The molecule has 3 amide bonds. The van der Waals surface area contributed by atoms with E-state index in [9.17, 15) is 29.4 Å². The molecule has 168 valence electrons. The van der Waals surface area contributed by atoms with Gasteiger partial charge in [-0.3, -0.25) is 14.4 Å². The molecule has 0 fully saturated rings. The maximum absolute atomic E-state index is 12.3. The number of carboxylic acid groups (broad SMARTS) is 1. The van der Waals surface area contributed by atoms with Gasteiger partial charge in [-0.2, -0.15) is 11.8 Å². The van der Waals surface area contributed by atoms with Crippen LogP contribution in [-0.2, 0) is 25.6 Å². The van der Waals surface area contributed by atoms with Gasteiger partial charge in [0.15, 0.2) is 0 Å². The number of H-pyrrole nitrogens is 1. The van der Waals surface area contributed by atoms with Crippen LogP contribution in [0.4, 0.5) is 0 Å². The predicted molar refractivity (Wildman–Crippen MR) is 109 cm³/mol. The van der Waals surface area contributed by atoms with E-state index in [-0.39, 0.29) is 6.42 Å². The number of aromatic nitrogens is 2. The first-order valence-electron chi connectivity index (χ1n) is 9.16. The van der Waals surface area contributed by atoms with E-state index in [1.54, 1.807) is 0 Å². The van der Waals surface area contributed by atoms with Gasteiger partial charge in [-0.25, -0.2) is 9.78 Å². The molecule has 0 aliphatic heterocycles. The van der Waals surface area contributed by atoms with Crippen LogP contribution in [0.3, 0.4) is 0 Å². The van der Waals surface area contributed by atoms with Crippen molar-refractivity contribution in [3.63, 3.8) is 0 Å². The largest absolute Gasteiger partial charge is 0.480 e. The lowest BCUT2D eigenvalue weighted by Crippen LogP contribution is -2.57. The molecule has 0 aliphatic rings. The minimum Gasteiger partial charge on any atom is -0.480 e. The third kappa shape index (κ3) is 8.39. The molecule has 0 saturated heterocycles. The number of carbonyl (C=O) groups excluding carboxylic acids is 3. The number of nitrogens with one attached hydrogen (secondary N) is 4. The van der Waals surface area contributed by atoms with Gasteiger partial charge in [0.2, 0.25) is 17.7 Å². The van der Waals surface area contributed by atoms with E-state index in [0.717, 1.165) is 0 Å². The summed E-state index contributed by atoms with van der Waals surface area (Å²) in [6, 6.07) is -4.48. The number of hydrogen-bond donors (Lipinski definition) is 7. The van der Waals surface area contributed by atoms with Crippen molar-refractivity contribution in [2.45, 2.75) is 43.9 Å². The number of aromatic amines is 1. The Balaban J connectivity index is 2.61. The highest BCUT2D eigenvalue weighted by molar-refractivity contribution is 7.98. The van der Waals surface area contributed by atoms with E-state index in [1.807, 2.05) is 6.26 Å². The summed E-state index contributed by atoms with van der Waals surface area (Å²) in [6.07, 6.45) is 5.06. The van der Waals surface area contributed by atoms with Gasteiger partial charge in [-0.15, -0.1) is 0 Å². The van der Waals surface area contributed by atoms with Crippen molar-refractivity contribution in [3.05, 3.63) is 18.2 Å². The summed E-state index contributed by atoms with van der Waals surface area (Å²) in [6.45, 7) is 0.654. The second-order valence-electron chi connectivity index (χ2n) is 6.54. The molecular formula is C17H28N6O6S. The number of aliphatic hydroxyl groups is 1. The first-order valence-corrected chi connectivity index (χ1v) is 10.6. The zero-order valence-corrected chi connectivity index (χ0v) is 17.6. The Morgan fingerprint density at radius 2 is 1.83 bits per heavy atom. The monoisotopic (exact) mass is 444 g/mol. The fraction of sp³-hybridized carbons (Fsp3) is 0.588. The lowest BCUT2D eigenvalue weighted by molar-refractivity contribution is -0.142. The number of aliphatic carboxylic acids is 1. The minimum atomic E-state index is -1.30. The van der Waals surface area contributed by atoms with Crippen LogP contribution in [0.25, 0.3) is 0 Å². The van der Waals surface area contributed by atoms with Crippen LogP contribution in [0.5, 0.6) is 0 Å². The summed E-state index contributed by atoms with van der Waals surface area (Å²) in [5.41, 5.74) is 6.24. The van der Waals surface area contributed by atoms with Gasteiger partial charge in [0.1, 0.15) is 18.1 Å². The number of aliphatic hydroxyl groups excluding tert-OH is 1. The van der Waals surface area contributed by atoms with Crippen LogP contribution in [0.2, 0.25) is 0 Å². The molecule has 30 heavy (non-hydrogen) atoms. The average molecular weight is 445 g/mol. The zero-order chi connectivity index (χ0) is 22.7. The van der Waals surface area contributed by atoms with Crippen LogP contribution in [0.1, 0.15) is 19.0 Å². The first kappa shape index (κ1) is 25.4. The first-order chi connectivity index (χ1) is 14.2. The number of nitrogens with zero attached hydrogens (tertiary/aromatic N) is 1. The number of amides is 3. The highest BCUT2D eigenvalue weighted by Gasteiger charge is 2.28. The fourth-order valence-electron chi connectivity index (χ4n) is 2.34. The molecule has 4 atom stereocenters. The summed E-state index contributed by atoms with van der Waals surface area (Å²) in [4.78, 5) is 54.5. The van der Waals surface area contributed by atoms with Gasteiger partial charge in [-0.05, 0) is 25.4 Å². The van der Waals surface area contributed by atoms with Crippen LogP contribution < -0.4 is 21.7 Å². The highest BCUT2D eigenvalue weighted by atomic mass is 32.2. The van der Waals surface area contributed by atoms with E-state index in [4.69, 9.17) is 5.73 Å². The van der Waals surface area contributed by atoms with Crippen molar-refractivity contribution in [1.82, 2.24) is 25.9 Å². The van der Waals surface area contributed by atoms with Gasteiger partial charge >= 0.3 is 5.97 Å². The van der Waals surface area contributed by atoms with Crippen molar-refractivity contribution in [2.75, 3.05) is 18.6 Å². The number of thioether (sulfide) groups is 1. The molecular weight excluding hydrogens is 416 g/mol. The molecule has 0 saturated carbocycles. The number of nitrogens with two attached hydrogens (primary N) is 1. The number of hydrogen-bond acceptors (Lipinski definition) is 8. The number of carboxylic acids is 1. The summed E-state index contributed by atoms with van der Waals surface area (Å²) in [5, 5.41) is 25.7. The molecule has 4 unspecified atom stereocenters. The standard InChI is InChI=1S/C17H28N6O6S/c1-9(14(25)22-12(17(28)29)5-10-6-19-8-20-10)21-16(27)13(7-24)23-15(26)11(18)3-4-30-2/h6,8-9,11-13,24H,3-5,7,18H2,1-2H3,(H,19,20)(H,21,27)(H,22,25)(H,23,26)(H,28,29). The minimum absolute atomic E-state index is 0.0228. The number of carbonyl (C=O) groups is 4. The number of rotatable bonds is 13. The summed E-state index contributed by atoms with van der Waals surface area (Å²) >= 11 is 1.52. The smallest absolute Gasteiger partial charge is 0.326 e. The summed E-state index contributed by atoms with van der Waals surface area (Å²) in [5.74, 6) is -2.73. The number of imidazole rings is 1. The predicted octanol–water partition coefficient (Wildman–Crippen LogP) is -2.42. The second-order valence-corrected chi connectivity index (χ2v) is 7.53. The van der Waals surface area contributed by atoms with Gasteiger partial charge in [0.25, 0.3) is 0 Å². The fourth-order valence-corrected chi connectivity index (χ4v) is 2.83. The Morgan fingerprint density at radius 3 is 2.37 bits per heavy atom. The average Bonchev–Trinajstić information content (AvgIpc) is 3.22. The Morgan fingerprint density at radius 1 is 1.17 bits per heavy atom. The zero-order valence-electron chi connectivity index (χ0n) is 16.8. The summed E-state index contributed by atoms with van der Waals surface area (Å²) < 4.78 is 0. The molecule has 0 bridgehead atoms. The molecule has 0 radical (unpaired) electrons. The van der Waals surface area contributed by atoms with Crippen LogP contribution >= 0.6 is 11.8 Å². The molecule has 0 spiro atoms. The SMILES string of the molecule is CSCCC(N)C(=O)NC(CO)C(=O)NC(C)C(=O)NC(Cc1cnc[nH]1)C(=O)O. The molecule has 12 nitrogen and oxygen atoms in total. The molecule has 8 N–H and O–H groups in total. The molecule has 13 heteroatoms. The molecule has 1 aromatic heterocycles. The topological polar surface area (TPSA) is 200 Å². The van der Waals surface area contributed by atoms with Crippen LogP contribution in [0.15, 0.2) is 12.5 Å². The maximum Gasteiger partial charge on any atom is 0.326 e. The maximum atomic E-state index is 12.3.